The Kier molecular flexibility index (Phi) is 5.91. The van der Waals surface area contributed by atoms with E-state index in [9.17, 15) is 0 Å². The maximum Gasteiger partial charge on any atom is -0.0144 e. The highest BCUT2D eigenvalue weighted by atomic mass is 14.0. The Bertz CT molecular complexity index is 131. The van der Waals surface area contributed by atoms with Crippen molar-refractivity contribution >= 4 is 0 Å². The molecule has 11 heavy (non-hydrogen) atoms. The zero-order valence-corrected chi connectivity index (χ0v) is 8.06. The van der Waals surface area contributed by atoms with Crippen molar-refractivity contribution in [3.8, 4) is 0 Å². The van der Waals surface area contributed by atoms with Crippen molar-refractivity contribution in [2.45, 2.75) is 40.0 Å². The highest BCUT2D eigenvalue weighted by molar-refractivity contribution is 4.99. The van der Waals surface area contributed by atoms with Crippen LogP contribution in [-0.4, -0.2) is 0 Å². The van der Waals surface area contributed by atoms with Gasteiger partial charge in [-0.1, -0.05) is 44.6 Å². The lowest BCUT2D eigenvalue weighted by atomic mass is 10.0. The summed E-state index contributed by atoms with van der Waals surface area (Å²) in [5, 5.41) is 0. The molecule has 64 valence electrons. The van der Waals surface area contributed by atoms with Gasteiger partial charge in [-0.15, -0.1) is 0 Å². The third kappa shape index (κ3) is 7.38. The standard InChI is InChI=1S/C11H20/c1-5-7-11(4)9-6-8-10(2)3/h6,9,11H,2,5,7-8H2,1,3-4H3. The van der Waals surface area contributed by atoms with Gasteiger partial charge in [0.15, 0.2) is 0 Å². The lowest BCUT2D eigenvalue weighted by molar-refractivity contribution is 0.633. The van der Waals surface area contributed by atoms with Gasteiger partial charge in [-0.05, 0) is 25.7 Å². The molecule has 0 amide bonds. The van der Waals surface area contributed by atoms with Crippen LogP contribution in [0.3, 0.4) is 0 Å². The Morgan fingerprint density at radius 1 is 1.55 bits per heavy atom. The molecular weight excluding hydrogens is 132 g/mol. The van der Waals surface area contributed by atoms with Crippen molar-refractivity contribution in [3.63, 3.8) is 0 Å². The molecule has 1 atom stereocenters. The third-order valence-corrected chi connectivity index (χ3v) is 1.67. The molecular formula is C11H20. The number of hydrogen-bond acceptors (Lipinski definition) is 0. The van der Waals surface area contributed by atoms with E-state index in [0.29, 0.717) is 0 Å². The van der Waals surface area contributed by atoms with E-state index in [2.05, 4.69) is 39.5 Å². The van der Waals surface area contributed by atoms with Crippen LogP contribution in [0.25, 0.3) is 0 Å². The van der Waals surface area contributed by atoms with Crippen LogP contribution < -0.4 is 0 Å². The van der Waals surface area contributed by atoms with E-state index in [1.807, 2.05) is 0 Å². The van der Waals surface area contributed by atoms with Crippen LogP contribution in [0.5, 0.6) is 0 Å². The predicted molar refractivity (Wildman–Crippen MR) is 52.6 cm³/mol. The molecule has 0 spiro atoms. The molecule has 0 radical (unpaired) electrons. The summed E-state index contributed by atoms with van der Waals surface area (Å²) in [6.07, 6.45) is 8.13. The first-order valence-electron chi connectivity index (χ1n) is 4.47. The second-order valence-electron chi connectivity index (χ2n) is 3.36. The zero-order valence-electron chi connectivity index (χ0n) is 8.06. The normalized spacial score (nSPS) is 13.7. The Labute approximate surface area is 71.0 Å². The minimum Gasteiger partial charge on any atom is -0.0998 e. The van der Waals surface area contributed by atoms with E-state index in [1.165, 1.54) is 18.4 Å². The molecule has 0 N–H and O–H groups in total. The van der Waals surface area contributed by atoms with E-state index in [4.69, 9.17) is 0 Å². The molecule has 0 heteroatoms. The van der Waals surface area contributed by atoms with Crippen LogP contribution in [0.15, 0.2) is 24.3 Å². The van der Waals surface area contributed by atoms with E-state index >= 15 is 0 Å². The molecule has 0 aromatic heterocycles. The van der Waals surface area contributed by atoms with Crippen LogP contribution in [-0.2, 0) is 0 Å². The van der Waals surface area contributed by atoms with Gasteiger partial charge in [0.25, 0.3) is 0 Å². The lowest BCUT2D eigenvalue weighted by Crippen LogP contribution is -1.86. The summed E-state index contributed by atoms with van der Waals surface area (Å²) in [4.78, 5) is 0. The van der Waals surface area contributed by atoms with E-state index in [0.717, 1.165) is 12.3 Å². The van der Waals surface area contributed by atoms with Crippen molar-refractivity contribution in [2.75, 3.05) is 0 Å². The smallest absolute Gasteiger partial charge is 0.0144 e. The third-order valence-electron chi connectivity index (χ3n) is 1.67. The molecule has 0 aromatic carbocycles. The van der Waals surface area contributed by atoms with Crippen LogP contribution in [0.4, 0.5) is 0 Å². The van der Waals surface area contributed by atoms with Gasteiger partial charge in [-0.25, -0.2) is 0 Å². The first-order valence-corrected chi connectivity index (χ1v) is 4.47. The average molecular weight is 152 g/mol. The van der Waals surface area contributed by atoms with Gasteiger partial charge in [0, 0.05) is 0 Å². The van der Waals surface area contributed by atoms with Crippen molar-refractivity contribution in [3.05, 3.63) is 24.3 Å². The molecule has 0 aliphatic heterocycles. The SMILES string of the molecule is C=C(C)CC=CC(C)CCC. The van der Waals surface area contributed by atoms with Crippen LogP contribution >= 0.6 is 0 Å². The van der Waals surface area contributed by atoms with Gasteiger partial charge < -0.3 is 0 Å². The fraction of sp³-hybridized carbons (Fsp3) is 0.636. The van der Waals surface area contributed by atoms with Gasteiger partial charge in [-0.3, -0.25) is 0 Å². The van der Waals surface area contributed by atoms with Gasteiger partial charge in [0.2, 0.25) is 0 Å². The van der Waals surface area contributed by atoms with Crippen molar-refractivity contribution in [2.24, 2.45) is 5.92 Å². The lowest BCUT2D eigenvalue weighted by Gasteiger charge is -2.01. The Morgan fingerprint density at radius 2 is 2.18 bits per heavy atom. The Balaban J connectivity index is 3.47. The molecule has 0 aliphatic rings. The van der Waals surface area contributed by atoms with E-state index in [1.54, 1.807) is 0 Å². The van der Waals surface area contributed by atoms with Gasteiger partial charge in [-0.2, -0.15) is 0 Å². The van der Waals surface area contributed by atoms with Crippen LogP contribution in [0.2, 0.25) is 0 Å². The van der Waals surface area contributed by atoms with Crippen molar-refractivity contribution < 1.29 is 0 Å². The number of hydrogen-bond donors (Lipinski definition) is 0. The van der Waals surface area contributed by atoms with E-state index < -0.39 is 0 Å². The van der Waals surface area contributed by atoms with Crippen molar-refractivity contribution in [1.29, 1.82) is 0 Å². The Morgan fingerprint density at radius 3 is 2.64 bits per heavy atom. The maximum atomic E-state index is 3.85. The summed E-state index contributed by atoms with van der Waals surface area (Å²) in [6.45, 7) is 10.4. The topological polar surface area (TPSA) is 0 Å². The summed E-state index contributed by atoms with van der Waals surface area (Å²) < 4.78 is 0. The second kappa shape index (κ2) is 6.21. The van der Waals surface area contributed by atoms with E-state index in [-0.39, 0.29) is 0 Å². The summed E-state index contributed by atoms with van der Waals surface area (Å²) in [5.41, 5.74) is 1.24. The zero-order chi connectivity index (χ0) is 8.69. The molecule has 0 saturated heterocycles. The quantitative estimate of drug-likeness (QED) is 0.523. The summed E-state index contributed by atoms with van der Waals surface area (Å²) in [5.74, 6) is 0.736. The van der Waals surface area contributed by atoms with Gasteiger partial charge >= 0.3 is 0 Å². The van der Waals surface area contributed by atoms with Gasteiger partial charge in [0.1, 0.15) is 0 Å². The summed E-state index contributed by atoms with van der Waals surface area (Å²) in [7, 11) is 0. The number of rotatable bonds is 5. The summed E-state index contributed by atoms with van der Waals surface area (Å²) in [6, 6.07) is 0. The van der Waals surface area contributed by atoms with Crippen molar-refractivity contribution in [1.82, 2.24) is 0 Å². The molecule has 0 saturated carbocycles. The van der Waals surface area contributed by atoms with Crippen LogP contribution in [0, 0.1) is 5.92 Å². The largest absolute Gasteiger partial charge is 0.0998 e. The minimum absolute atomic E-state index is 0.736. The highest BCUT2D eigenvalue weighted by Crippen LogP contribution is 2.07. The molecule has 0 rings (SSSR count). The molecule has 0 aliphatic carbocycles. The maximum absolute atomic E-state index is 3.85. The monoisotopic (exact) mass is 152 g/mol. The molecule has 0 heterocycles. The molecule has 0 fully saturated rings. The Hall–Kier alpha value is -0.520. The second-order valence-corrected chi connectivity index (χ2v) is 3.36. The molecule has 1 unspecified atom stereocenters. The highest BCUT2D eigenvalue weighted by Gasteiger charge is 1.92. The molecule has 0 bridgehead atoms. The minimum atomic E-state index is 0.736. The first-order chi connectivity index (χ1) is 5.16. The first kappa shape index (κ1) is 10.5. The summed E-state index contributed by atoms with van der Waals surface area (Å²) >= 11 is 0. The average Bonchev–Trinajstić information content (AvgIpc) is 1.87. The van der Waals surface area contributed by atoms with Crippen LogP contribution in [0.1, 0.15) is 40.0 Å². The predicted octanol–water partition coefficient (Wildman–Crippen LogP) is 3.95. The fourth-order valence-electron chi connectivity index (χ4n) is 1.05. The fourth-order valence-corrected chi connectivity index (χ4v) is 1.05. The van der Waals surface area contributed by atoms with Gasteiger partial charge in [0.05, 0.1) is 0 Å². The molecule has 0 aromatic rings. The molecule has 0 nitrogen and oxygen atoms in total. The number of allylic oxidation sites excluding steroid dienone is 3.